The van der Waals surface area contributed by atoms with Crippen LogP contribution in [-0.2, 0) is 4.79 Å². The van der Waals surface area contributed by atoms with Gasteiger partial charge >= 0.3 is 0 Å². The summed E-state index contributed by atoms with van der Waals surface area (Å²) in [4.78, 5) is 11.4. The molecule has 6 nitrogen and oxygen atoms in total. The summed E-state index contributed by atoms with van der Waals surface area (Å²) < 4.78 is 11.7. The summed E-state index contributed by atoms with van der Waals surface area (Å²) in [6.45, 7) is 6.27. The number of rotatable bonds is 6. The predicted octanol–water partition coefficient (Wildman–Crippen LogP) is 4.44. The third kappa shape index (κ3) is 5.02. The molecule has 172 valence electrons. The lowest BCUT2D eigenvalue weighted by Gasteiger charge is -2.35. The SMILES string of the molecule is CNC(O)Oc1ccc2c(c1)OC[C@@H](c1ccc(C)c(C)c1)[C@H]2c1ccc(NC(C)=O)cc1. The highest BCUT2D eigenvalue weighted by Crippen LogP contribution is 2.47. The monoisotopic (exact) mass is 446 g/mol. The molecule has 0 spiro atoms. The Labute approximate surface area is 194 Å². The molecule has 3 atom stereocenters. The summed E-state index contributed by atoms with van der Waals surface area (Å²) in [6.07, 6.45) is -1.09. The number of hydrogen-bond acceptors (Lipinski definition) is 5. The van der Waals surface area contributed by atoms with Gasteiger partial charge < -0.3 is 19.9 Å². The first-order chi connectivity index (χ1) is 15.9. The molecule has 0 saturated heterocycles. The van der Waals surface area contributed by atoms with Gasteiger partial charge in [-0.2, -0.15) is 0 Å². The topological polar surface area (TPSA) is 79.8 Å². The number of aryl methyl sites for hydroxylation is 2. The van der Waals surface area contributed by atoms with Crippen LogP contribution in [0, 0.1) is 13.8 Å². The number of benzene rings is 3. The standard InChI is InChI=1S/C27H30N2O4/c1-16-5-6-20(13-17(16)2)24-15-32-25-14-22(33-27(31)28-4)11-12-23(25)26(24)19-7-9-21(10-8-19)29-18(3)30/h5-14,24,26-28,31H,15H2,1-4H3,(H,29,30)/t24-,26-,27?/m0/s1. The maximum Gasteiger partial charge on any atom is 0.256 e. The first-order valence-corrected chi connectivity index (χ1v) is 11.1. The normalized spacial score (nSPS) is 18.1. The fourth-order valence-corrected chi connectivity index (χ4v) is 4.32. The van der Waals surface area contributed by atoms with Crippen LogP contribution >= 0.6 is 0 Å². The molecule has 3 N–H and O–H groups in total. The Hall–Kier alpha value is -3.35. The molecule has 1 unspecified atom stereocenters. The van der Waals surface area contributed by atoms with Gasteiger partial charge in [-0.15, -0.1) is 0 Å². The van der Waals surface area contributed by atoms with E-state index in [2.05, 4.69) is 54.8 Å². The van der Waals surface area contributed by atoms with E-state index in [4.69, 9.17) is 9.47 Å². The fourth-order valence-electron chi connectivity index (χ4n) is 4.32. The Balaban J connectivity index is 1.75. The van der Waals surface area contributed by atoms with Crippen molar-refractivity contribution < 1.29 is 19.4 Å². The number of hydrogen-bond donors (Lipinski definition) is 3. The minimum Gasteiger partial charge on any atom is -0.492 e. The third-order valence-corrected chi connectivity index (χ3v) is 6.18. The molecule has 0 saturated carbocycles. The maximum absolute atomic E-state index is 11.4. The number of nitrogens with one attached hydrogen (secondary N) is 2. The lowest BCUT2D eigenvalue weighted by Crippen LogP contribution is -2.30. The minimum atomic E-state index is -1.09. The van der Waals surface area contributed by atoms with E-state index in [0.717, 1.165) is 22.6 Å². The zero-order valence-electron chi connectivity index (χ0n) is 19.4. The number of anilines is 1. The second-order valence-corrected chi connectivity index (χ2v) is 8.50. The molecule has 0 bridgehead atoms. The molecule has 1 aliphatic heterocycles. The van der Waals surface area contributed by atoms with Crippen LogP contribution in [-0.4, -0.2) is 31.1 Å². The van der Waals surface area contributed by atoms with Crippen LogP contribution < -0.4 is 20.1 Å². The molecule has 0 aliphatic carbocycles. The maximum atomic E-state index is 11.4. The van der Waals surface area contributed by atoms with Crippen molar-refractivity contribution in [1.29, 1.82) is 0 Å². The number of ether oxygens (including phenoxy) is 2. The van der Waals surface area contributed by atoms with Crippen molar-refractivity contribution in [2.75, 3.05) is 19.0 Å². The number of carbonyl (C=O) groups excluding carboxylic acids is 1. The van der Waals surface area contributed by atoms with Gasteiger partial charge in [-0.25, -0.2) is 0 Å². The van der Waals surface area contributed by atoms with Gasteiger partial charge in [0, 0.05) is 36.1 Å². The van der Waals surface area contributed by atoms with Crippen LogP contribution in [0.2, 0.25) is 0 Å². The molecule has 1 aliphatic rings. The van der Waals surface area contributed by atoms with Gasteiger partial charge in [-0.3, -0.25) is 10.1 Å². The van der Waals surface area contributed by atoms with E-state index in [9.17, 15) is 9.90 Å². The van der Waals surface area contributed by atoms with E-state index in [1.165, 1.54) is 23.6 Å². The van der Waals surface area contributed by atoms with Gasteiger partial charge in [0.15, 0.2) is 0 Å². The van der Waals surface area contributed by atoms with E-state index in [1.54, 1.807) is 7.05 Å². The fraction of sp³-hybridized carbons (Fsp3) is 0.296. The molecular formula is C27H30N2O4. The van der Waals surface area contributed by atoms with Crippen molar-refractivity contribution in [1.82, 2.24) is 5.32 Å². The largest absolute Gasteiger partial charge is 0.492 e. The van der Waals surface area contributed by atoms with Crippen LogP contribution in [0.4, 0.5) is 5.69 Å². The average Bonchev–Trinajstić information content (AvgIpc) is 2.80. The summed E-state index contributed by atoms with van der Waals surface area (Å²) >= 11 is 0. The minimum absolute atomic E-state index is 0.0607. The van der Waals surface area contributed by atoms with Crippen LogP contribution in [0.3, 0.4) is 0 Å². The van der Waals surface area contributed by atoms with E-state index in [-0.39, 0.29) is 17.7 Å². The molecule has 1 amide bonds. The summed E-state index contributed by atoms with van der Waals surface area (Å²) in [7, 11) is 1.62. The quantitative estimate of drug-likeness (QED) is 0.488. The first kappa shape index (κ1) is 22.8. The van der Waals surface area contributed by atoms with E-state index in [1.807, 2.05) is 30.3 Å². The van der Waals surface area contributed by atoms with Crippen LogP contribution in [0.1, 0.15) is 46.6 Å². The van der Waals surface area contributed by atoms with Crippen molar-refractivity contribution in [2.45, 2.75) is 39.0 Å². The number of aliphatic hydroxyl groups is 1. The van der Waals surface area contributed by atoms with Crippen molar-refractivity contribution in [3.63, 3.8) is 0 Å². The number of amides is 1. The highest BCUT2D eigenvalue weighted by Gasteiger charge is 2.34. The molecule has 0 fully saturated rings. The average molecular weight is 447 g/mol. The third-order valence-electron chi connectivity index (χ3n) is 6.18. The van der Waals surface area contributed by atoms with E-state index >= 15 is 0 Å². The zero-order valence-corrected chi connectivity index (χ0v) is 19.4. The highest BCUT2D eigenvalue weighted by atomic mass is 16.6. The van der Waals surface area contributed by atoms with Crippen molar-refractivity contribution in [2.24, 2.45) is 0 Å². The highest BCUT2D eigenvalue weighted by molar-refractivity contribution is 5.88. The lowest BCUT2D eigenvalue weighted by molar-refractivity contribution is -0.114. The van der Waals surface area contributed by atoms with Crippen LogP contribution in [0.25, 0.3) is 0 Å². The van der Waals surface area contributed by atoms with Gasteiger partial charge in [-0.05, 0) is 61.3 Å². The van der Waals surface area contributed by atoms with Crippen molar-refractivity contribution >= 4 is 11.6 Å². The Morgan fingerprint density at radius 2 is 1.76 bits per heavy atom. The zero-order chi connectivity index (χ0) is 23.5. The molecule has 1 heterocycles. The second kappa shape index (κ2) is 9.65. The molecular weight excluding hydrogens is 416 g/mol. The molecule has 3 aromatic rings. The summed E-state index contributed by atoms with van der Waals surface area (Å²) in [5, 5.41) is 15.2. The smallest absolute Gasteiger partial charge is 0.256 e. The summed E-state index contributed by atoms with van der Waals surface area (Å²) in [6, 6.07) is 20.3. The second-order valence-electron chi connectivity index (χ2n) is 8.50. The van der Waals surface area contributed by atoms with Crippen LogP contribution in [0.15, 0.2) is 60.7 Å². The molecule has 33 heavy (non-hydrogen) atoms. The molecule has 0 aromatic heterocycles. The summed E-state index contributed by atoms with van der Waals surface area (Å²) in [5.41, 5.74) is 6.71. The number of fused-ring (bicyclic) bond motifs is 1. The van der Waals surface area contributed by atoms with Gasteiger partial charge in [-0.1, -0.05) is 36.4 Å². The van der Waals surface area contributed by atoms with E-state index in [0.29, 0.717) is 12.4 Å². The summed E-state index contributed by atoms with van der Waals surface area (Å²) in [5.74, 6) is 1.36. The Morgan fingerprint density at radius 1 is 1.03 bits per heavy atom. The van der Waals surface area contributed by atoms with Crippen LogP contribution in [0.5, 0.6) is 11.5 Å². The predicted molar refractivity (Wildman–Crippen MR) is 129 cm³/mol. The first-order valence-electron chi connectivity index (χ1n) is 11.1. The molecule has 6 heteroatoms. The number of carbonyl (C=O) groups is 1. The van der Waals surface area contributed by atoms with Gasteiger partial charge in [0.25, 0.3) is 6.41 Å². The van der Waals surface area contributed by atoms with Gasteiger partial charge in [0.2, 0.25) is 5.91 Å². The number of aliphatic hydroxyl groups excluding tert-OH is 1. The van der Waals surface area contributed by atoms with Crippen molar-refractivity contribution in [3.05, 3.63) is 88.5 Å². The Bertz CT molecular complexity index is 1140. The molecule has 0 radical (unpaired) electrons. The van der Waals surface area contributed by atoms with E-state index < -0.39 is 6.41 Å². The van der Waals surface area contributed by atoms with Gasteiger partial charge in [0.1, 0.15) is 11.5 Å². The Morgan fingerprint density at radius 3 is 2.42 bits per heavy atom. The van der Waals surface area contributed by atoms with Gasteiger partial charge in [0.05, 0.1) is 6.61 Å². The molecule has 4 rings (SSSR count). The molecule has 3 aromatic carbocycles. The Kier molecular flexibility index (Phi) is 6.67. The lowest BCUT2D eigenvalue weighted by atomic mass is 9.75. The van der Waals surface area contributed by atoms with Crippen molar-refractivity contribution in [3.8, 4) is 11.5 Å².